The maximum atomic E-state index is 11.9. The van der Waals surface area contributed by atoms with Crippen molar-refractivity contribution in [3.63, 3.8) is 0 Å². The summed E-state index contributed by atoms with van der Waals surface area (Å²) in [6.45, 7) is 2.04. The first-order valence-electron chi connectivity index (χ1n) is 6.85. The van der Waals surface area contributed by atoms with Gasteiger partial charge in [0.2, 0.25) is 0 Å². The average molecular weight is 302 g/mol. The number of thiazole rings is 1. The van der Waals surface area contributed by atoms with E-state index in [1.165, 1.54) is 4.70 Å². The summed E-state index contributed by atoms with van der Waals surface area (Å²) in [4.78, 5) is 30.0. The Hall–Kier alpha value is -1.99. The molecule has 3 heterocycles. The van der Waals surface area contributed by atoms with Crippen LogP contribution in [0, 0.1) is 0 Å². The lowest BCUT2D eigenvalue weighted by Crippen LogP contribution is -2.48. The molecule has 0 saturated carbocycles. The first kappa shape index (κ1) is 12.7. The Bertz CT molecular complexity index is 710. The second-order valence-electron chi connectivity index (χ2n) is 5.53. The predicted octanol–water partition coefficient (Wildman–Crippen LogP) is 1.08. The van der Waals surface area contributed by atoms with Gasteiger partial charge in [-0.2, -0.15) is 0 Å². The third-order valence-corrected chi connectivity index (χ3v) is 5.08. The average Bonchev–Trinajstić information content (AvgIpc) is 3.09. The summed E-state index contributed by atoms with van der Waals surface area (Å²) >= 11 is 1.68. The van der Waals surface area contributed by atoms with Gasteiger partial charge >= 0.3 is 6.03 Å². The minimum Gasteiger partial charge on any atom is -0.322 e. The molecule has 108 valence electrons. The van der Waals surface area contributed by atoms with E-state index in [0.717, 1.165) is 17.1 Å². The van der Waals surface area contributed by atoms with Crippen LogP contribution in [0.4, 0.5) is 4.79 Å². The van der Waals surface area contributed by atoms with Crippen molar-refractivity contribution >= 4 is 33.5 Å². The number of likely N-dealkylation sites (tertiary alicyclic amines) is 1. The van der Waals surface area contributed by atoms with Crippen LogP contribution in [0.2, 0.25) is 0 Å². The smallest absolute Gasteiger partial charge is 0.322 e. The lowest BCUT2D eigenvalue weighted by molar-refractivity contribution is -0.123. The fraction of sp³-hybridized carbons (Fsp3) is 0.357. The largest absolute Gasteiger partial charge is 0.322 e. The number of urea groups is 1. The summed E-state index contributed by atoms with van der Waals surface area (Å²) in [6.07, 6.45) is 0.648. The monoisotopic (exact) mass is 302 g/mol. The van der Waals surface area contributed by atoms with Crippen molar-refractivity contribution < 1.29 is 9.59 Å². The van der Waals surface area contributed by atoms with Crippen LogP contribution < -0.4 is 10.6 Å². The van der Waals surface area contributed by atoms with Crippen LogP contribution >= 0.6 is 11.3 Å². The Morgan fingerprint density at radius 1 is 1.33 bits per heavy atom. The quantitative estimate of drug-likeness (QED) is 0.814. The van der Waals surface area contributed by atoms with Crippen molar-refractivity contribution in [1.29, 1.82) is 0 Å². The number of amides is 3. The molecule has 7 heteroatoms. The van der Waals surface area contributed by atoms with Crippen molar-refractivity contribution in [2.45, 2.75) is 18.5 Å². The third-order valence-electron chi connectivity index (χ3n) is 4.06. The summed E-state index contributed by atoms with van der Waals surface area (Å²) < 4.78 is 1.17. The molecule has 1 aromatic heterocycles. The van der Waals surface area contributed by atoms with Crippen molar-refractivity contribution in [2.24, 2.45) is 0 Å². The molecule has 21 heavy (non-hydrogen) atoms. The van der Waals surface area contributed by atoms with Gasteiger partial charge < -0.3 is 5.32 Å². The molecule has 2 aromatic rings. The molecular formula is C14H14N4O2S. The molecule has 4 rings (SSSR count). The van der Waals surface area contributed by atoms with Crippen LogP contribution in [-0.4, -0.2) is 40.5 Å². The lowest BCUT2D eigenvalue weighted by Gasteiger charge is -2.20. The number of hydrogen-bond donors (Lipinski definition) is 2. The number of benzene rings is 1. The van der Waals surface area contributed by atoms with Crippen molar-refractivity contribution in [3.8, 4) is 0 Å². The lowest BCUT2D eigenvalue weighted by atomic mass is 10.00. The van der Waals surface area contributed by atoms with E-state index < -0.39 is 5.54 Å². The van der Waals surface area contributed by atoms with E-state index in [1.807, 2.05) is 18.2 Å². The van der Waals surface area contributed by atoms with Gasteiger partial charge in [0.1, 0.15) is 10.5 Å². The number of aromatic nitrogens is 1. The number of carbonyl (C=O) groups excluding carboxylic acids is 2. The van der Waals surface area contributed by atoms with Crippen LogP contribution in [0.15, 0.2) is 24.3 Å². The van der Waals surface area contributed by atoms with Gasteiger partial charge in [-0.1, -0.05) is 12.1 Å². The second kappa shape index (κ2) is 4.51. The molecule has 2 saturated heterocycles. The summed E-state index contributed by atoms with van der Waals surface area (Å²) in [5.74, 6) is -0.209. The number of nitrogens with one attached hydrogen (secondary N) is 2. The highest BCUT2D eigenvalue weighted by atomic mass is 32.1. The van der Waals surface area contributed by atoms with E-state index in [2.05, 4.69) is 26.6 Å². The van der Waals surface area contributed by atoms with E-state index in [9.17, 15) is 9.59 Å². The Labute approximate surface area is 125 Å². The third kappa shape index (κ3) is 2.09. The zero-order valence-corrected chi connectivity index (χ0v) is 12.1. The molecule has 0 radical (unpaired) electrons. The molecule has 0 aliphatic carbocycles. The number of nitrogens with zero attached hydrogens (tertiary/aromatic N) is 2. The summed E-state index contributed by atoms with van der Waals surface area (Å²) in [5.41, 5.74) is 0.270. The normalized spacial score (nSPS) is 25.7. The molecule has 1 unspecified atom stereocenters. The highest BCUT2D eigenvalue weighted by Crippen LogP contribution is 2.28. The minimum absolute atomic E-state index is 0.209. The van der Waals surface area contributed by atoms with Crippen molar-refractivity contribution in [3.05, 3.63) is 29.3 Å². The first-order chi connectivity index (χ1) is 10.1. The molecule has 2 aliphatic heterocycles. The van der Waals surface area contributed by atoms with Crippen LogP contribution in [-0.2, 0) is 11.3 Å². The first-order valence-corrected chi connectivity index (χ1v) is 7.67. The van der Waals surface area contributed by atoms with Crippen LogP contribution in [0.25, 0.3) is 10.2 Å². The van der Waals surface area contributed by atoms with Gasteiger partial charge in [0, 0.05) is 13.1 Å². The fourth-order valence-electron chi connectivity index (χ4n) is 3.02. The number of hydrogen-bond acceptors (Lipinski definition) is 5. The van der Waals surface area contributed by atoms with E-state index in [0.29, 0.717) is 19.5 Å². The highest BCUT2D eigenvalue weighted by Gasteiger charge is 2.50. The zero-order chi connectivity index (χ0) is 14.4. The maximum Gasteiger partial charge on any atom is 0.322 e. The van der Waals surface area contributed by atoms with Gasteiger partial charge in [0.25, 0.3) is 5.91 Å². The summed E-state index contributed by atoms with van der Waals surface area (Å²) in [5, 5.41) is 6.13. The van der Waals surface area contributed by atoms with E-state index >= 15 is 0 Å². The molecule has 2 aliphatic rings. The predicted molar refractivity (Wildman–Crippen MR) is 78.9 cm³/mol. The molecule has 1 atom stereocenters. The molecule has 2 N–H and O–H groups in total. The van der Waals surface area contributed by atoms with Gasteiger partial charge in [-0.15, -0.1) is 11.3 Å². The number of fused-ring (bicyclic) bond motifs is 1. The van der Waals surface area contributed by atoms with Crippen molar-refractivity contribution in [1.82, 2.24) is 20.5 Å². The Balaban J connectivity index is 1.51. The van der Waals surface area contributed by atoms with Crippen LogP contribution in [0.3, 0.4) is 0 Å². The SMILES string of the molecule is O=C1NC(=O)C2(CCN(Cc3nc4ccccc4s3)C2)N1. The fourth-order valence-corrected chi connectivity index (χ4v) is 4.03. The number of rotatable bonds is 2. The molecule has 2 fully saturated rings. The Morgan fingerprint density at radius 3 is 2.95 bits per heavy atom. The number of imide groups is 1. The highest BCUT2D eigenvalue weighted by molar-refractivity contribution is 7.18. The molecule has 1 aromatic carbocycles. The molecule has 0 bridgehead atoms. The van der Waals surface area contributed by atoms with Gasteiger partial charge in [0.05, 0.1) is 16.8 Å². The van der Waals surface area contributed by atoms with Gasteiger partial charge in [-0.3, -0.25) is 15.0 Å². The van der Waals surface area contributed by atoms with E-state index in [-0.39, 0.29) is 11.9 Å². The van der Waals surface area contributed by atoms with E-state index in [4.69, 9.17) is 0 Å². The Morgan fingerprint density at radius 2 is 2.19 bits per heavy atom. The number of carbonyl (C=O) groups is 2. The standard InChI is InChI=1S/C14H14N4O2S/c19-12-14(17-13(20)16-12)5-6-18(8-14)7-11-15-9-3-1-2-4-10(9)21-11/h1-4H,5-8H2,(H2,16,17,19,20). The molecule has 3 amide bonds. The summed E-state index contributed by atoms with van der Waals surface area (Å²) in [7, 11) is 0. The second-order valence-corrected chi connectivity index (χ2v) is 6.64. The van der Waals surface area contributed by atoms with E-state index in [1.54, 1.807) is 11.3 Å². The van der Waals surface area contributed by atoms with Crippen LogP contribution in [0.1, 0.15) is 11.4 Å². The molecule has 1 spiro atoms. The van der Waals surface area contributed by atoms with Gasteiger partial charge in [0.15, 0.2) is 0 Å². The Kier molecular flexibility index (Phi) is 2.73. The van der Waals surface area contributed by atoms with Gasteiger partial charge in [-0.25, -0.2) is 9.78 Å². The molecule has 6 nitrogen and oxygen atoms in total. The van der Waals surface area contributed by atoms with Crippen molar-refractivity contribution in [2.75, 3.05) is 13.1 Å². The maximum absolute atomic E-state index is 11.9. The topological polar surface area (TPSA) is 74.3 Å². The minimum atomic E-state index is -0.742. The van der Waals surface area contributed by atoms with Gasteiger partial charge in [-0.05, 0) is 18.6 Å². The summed E-state index contributed by atoms with van der Waals surface area (Å²) in [6, 6.07) is 7.67. The molecular weight excluding hydrogens is 288 g/mol. The number of para-hydroxylation sites is 1. The van der Waals surface area contributed by atoms with Crippen LogP contribution in [0.5, 0.6) is 0 Å². The zero-order valence-electron chi connectivity index (χ0n) is 11.3.